The highest BCUT2D eigenvalue weighted by Crippen LogP contribution is 2.26. The number of ether oxygens (including phenoxy) is 1. The minimum absolute atomic E-state index is 0.0637. The van der Waals surface area contributed by atoms with E-state index in [4.69, 9.17) is 4.74 Å². The van der Waals surface area contributed by atoms with Crippen molar-refractivity contribution in [2.24, 2.45) is 11.8 Å². The van der Waals surface area contributed by atoms with Crippen LogP contribution in [0.4, 0.5) is 10.5 Å². The fourth-order valence-electron chi connectivity index (χ4n) is 3.61. The summed E-state index contributed by atoms with van der Waals surface area (Å²) in [6.07, 6.45) is 2.99. The molecule has 0 spiro atoms. The van der Waals surface area contributed by atoms with E-state index in [1.54, 1.807) is 11.0 Å². The number of rotatable bonds is 3. The summed E-state index contributed by atoms with van der Waals surface area (Å²) in [5.74, 6) is 1.44. The lowest BCUT2D eigenvalue weighted by atomic mass is 9.89. The van der Waals surface area contributed by atoms with E-state index in [9.17, 15) is 9.59 Å². The van der Waals surface area contributed by atoms with Crippen LogP contribution in [0.5, 0.6) is 0 Å². The van der Waals surface area contributed by atoms with E-state index in [1.807, 2.05) is 23.1 Å². The molecule has 2 fully saturated rings. The third kappa shape index (κ3) is 3.55. The van der Waals surface area contributed by atoms with Gasteiger partial charge < -0.3 is 9.64 Å². The number of hydrogen-bond donors (Lipinski definition) is 0. The SMILES string of the molecule is CC(C)C1CCCN(C(=O)c2cccc(N3CCOC3=O)c2)CC1. The maximum Gasteiger partial charge on any atom is 0.414 e. The second-order valence-corrected chi connectivity index (χ2v) is 7.04. The molecule has 0 N–H and O–H groups in total. The number of carbonyl (C=O) groups excluding carboxylic acids is 2. The molecule has 3 rings (SSSR count). The maximum absolute atomic E-state index is 12.9. The van der Waals surface area contributed by atoms with Crippen LogP contribution in [0.15, 0.2) is 24.3 Å². The minimum atomic E-state index is -0.339. The van der Waals surface area contributed by atoms with Gasteiger partial charge in [0.25, 0.3) is 5.91 Å². The summed E-state index contributed by atoms with van der Waals surface area (Å²) in [7, 11) is 0. The number of cyclic esters (lactones) is 1. The lowest BCUT2D eigenvalue weighted by molar-refractivity contribution is 0.0758. The minimum Gasteiger partial charge on any atom is -0.447 e. The van der Waals surface area contributed by atoms with E-state index in [0.717, 1.165) is 31.6 Å². The largest absolute Gasteiger partial charge is 0.447 e. The van der Waals surface area contributed by atoms with E-state index in [-0.39, 0.29) is 12.0 Å². The van der Waals surface area contributed by atoms with Gasteiger partial charge in [-0.05, 0) is 49.3 Å². The van der Waals surface area contributed by atoms with Gasteiger partial charge in [-0.2, -0.15) is 0 Å². The van der Waals surface area contributed by atoms with Gasteiger partial charge in [0.1, 0.15) is 6.61 Å². The number of carbonyl (C=O) groups is 2. The van der Waals surface area contributed by atoms with Gasteiger partial charge in [-0.3, -0.25) is 9.69 Å². The first-order valence-corrected chi connectivity index (χ1v) is 8.90. The summed E-state index contributed by atoms with van der Waals surface area (Å²) in [6, 6.07) is 7.32. The zero-order chi connectivity index (χ0) is 17.1. The first-order chi connectivity index (χ1) is 11.6. The van der Waals surface area contributed by atoms with Crippen molar-refractivity contribution in [3.05, 3.63) is 29.8 Å². The van der Waals surface area contributed by atoms with Gasteiger partial charge in [0, 0.05) is 24.3 Å². The standard InChI is InChI=1S/C19H26N2O3/c1-14(2)15-6-4-9-20(10-8-15)18(22)16-5-3-7-17(13-16)21-11-12-24-19(21)23/h3,5,7,13-15H,4,6,8-12H2,1-2H3. The average molecular weight is 330 g/mol. The molecule has 2 saturated heterocycles. The fourth-order valence-corrected chi connectivity index (χ4v) is 3.61. The summed E-state index contributed by atoms with van der Waals surface area (Å²) in [6.45, 7) is 7.10. The van der Waals surface area contributed by atoms with Crippen LogP contribution in [0.2, 0.25) is 0 Å². The van der Waals surface area contributed by atoms with Gasteiger partial charge in [-0.1, -0.05) is 19.9 Å². The summed E-state index contributed by atoms with van der Waals surface area (Å²) in [5.41, 5.74) is 1.38. The molecule has 1 aromatic rings. The normalized spacial score (nSPS) is 21.8. The Kier molecular flexibility index (Phi) is 5.07. The molecular formula is C19H26N2O3. The molecule has 0 aromatic heterocycles. The lowest BCUT2D eigenvalue weighted by Crippen LogP contribution is -2.32. The molecule has 1 atom stereocenters. The van der Waals surface area contributed by atoms with Crippen molar-refractivity contribution in [1.82, 2.24) is 4.90 Å². The van der Waals surface area contributed by atoms with Gasteiger partial charge in [0.05, 0.1) is 6.54 Å². The lowest BCUT2D eigenvalue weighted by Gasteiger charge is -2.22. The summed E-state index contributed by atoms with van der Waals surface area (Å²) < 4.78 is 4.98. The van der Waals surface area contributed by atoms with Gasteiger partial charge in [-0.15, -0.1) is 0 Å². The number of benzene rings is 1. The Morgan fingerprint density at radius 1 is 1.21 bits per heavy atom. The van der Waals surface area contributed by atoms with Crippen LogP contribution >= 0.6 is 0 Å². The zero-order valence-corrected chi connectivity index (χ0v) is 14.5. The summed E-state index contributed by atoms with van der Waals surface area (Å²) in [5, 5.41) is 0. The number of anilines is 1. The molecule has 0 radical (unpaired) electrons. The predicted molar refractivity (Wildman–Crippen MR) is 93.2 cm³/mol. The Morgan fingerprint density at radius 3 is 2.75 bits per heavy atom. The quantitative estimate of drug-likeness (QED) is 0.852. The second-order valence-electron chi connectivity index (χ2n) is 7.04. The van der Waals surface area contributed by atoms with E-state index in [1.165, 1.54) is 6.42 Å². The van der Waals surface area contributed by atoms with Gasteiger partial charge in [0.15, 0.2) is 0 Å². The third-order valence-corrected chi connectivity index (χ3v) is 5.17. The molecule has 0 saturated carbocycles. The molecule has 2 amide bonds. The van der Waals surface area contributed by atoms with Gasteiger partial charge in [0.2, 0.25) is 0 Å². The van der Waals surface area contributed by atoms with Crippen molar-refractivity contribution in [2.45, 2.75) is 33.1 Å². The molecular weight excluding hydrogens is 304 g/mol. The predicted octanol–water partition coefficient (Wildman–Crippen LogP) is 3.54. The summed E-state index contributed by atoms with van der Waals surface area (Å²) in [4.78, 5) is 28.1. The van der Waals surface area contributed by atoms with E-state index in [2.05, 4.69) is 13.8 Å². The highest BCUT2D eigenvalue weighted by molar-refractivity contribution is 5.97. The molecule has 2 heterocycles. The molecule has 5 nitrogen and oxygen atoms in total. The van der Waals surface area contributed by atoms with Crippen LogP contribution in [0.1, 0.15) is 43.5 Å². The van der Waals surface area contributed by atoms with Gasteiger partial charge >= 0.3 is 6.09 Å². The molecule has 5 heteroatoms. The maximum atomic E-state index is 12.9. The summed E-state index contributed by atoms with van der Waals surface area (Å²) >= 11 is 0. The van der Waals surface area contributed by atoms with E-state index < -0.39 is 0 Å². The Labute approximate surface area is 143 Å². The smallest absolute Gasteiger partial charge is 0.414 e. The zero-order valence-electron chi connectivity index (χ0n) is 14.5. The molecule has 1 unspecified atom stereocenters. The fraction of sp³-hybridized carbons (Fsp3) is 0.579. The van der Waals surface area contributed by atoms with Crippen molar-refractivity contribution in [3.63, 3.8) is 0 Å². The van der Waals surface area contributed by atoms with Crippen LogP contribution in [0.25, 0.3) is 0 Å². The van der Waals surface area contributed by atoms with Crippen molar-refractivity contribution >= 4 is 17.7 Å². The van der Waals surface area contributed by atoms with Crippen molar-refractivity contribution in [2.75, 3.05) is 31.1 Å². The number of nitrogens with zero attached hydrogens (tertiary/aromatic N) is 2. The molecule has 0 aliphatic carbocycles. The van der Waals surface area contributed by atoms with E-state index in [0.29, 0.717) is 30.6 Å². The van der Waals surface area contributed by atoms with Crippen LogP contribution < -0.4 is 4.90 Å². The topological polar surface area (TPSA) is 49.9 Å². The highest BCUT2D eigenvalue weighted by atomic mass is 16.6. The van der Waals surface area contributed by atoms with Gasteiger partial charge in [-0.25, -0.2) is 4.79 Å². The first kappa shape index (κ1) is 16.8. The van der Waals surface area contributed by atoms with Crippen molar-refractivity contribution < 1.29 is 14.3 Å². The van der Waals surface area contributed by atoms with Crippen LogP contribution in [-0.4, -0.2) is 43.1 Å². The number of amides is 2. The van der Waals surface area contributed by atoms with E-state index >= 15 is 0 Å². The van der Waals surface area contributed by atoms with Crippen LogP contribution in [-0.2, 0) is 4.74 Å². The average Bonchev–Trinajstić information content (AvgIpc) is 2.85. The molecule has 0 bridgehead atoms. The van der Waals surface area contributed by atoms with Crippen molar-refractivity contribution in [1.29, 1.82) is 0 Å². The molecule has 130 valence electrons. The molecule has 2 aliphatic rings. The third-order valence-electron chi connectivity index (χ3n) is 5.17. The molecule has 2 aliphatic heterocycles. The monoisotopic (exact) mass is 330 g/mol. The van der Waals surface area contributed by atoms with Crippen LogP contribution in [0, 0.1) is 11.8 Å². The first-order valence-electron chi connectivity index (χ1n) is 8.90. The Hall–Kier alpha value is -2.04. The number of hydrogen-bond acceptors (Lipinski definition) is 3. The molecule has 1 aromatic carbocycles. The number of likely N-dealkylation sites (tertiary alicyclic amines) is 1. The molecule has 24 heavy (non-hydrogen) atoms. The van der Waals surface area contributed by atoms with Crippen molar-refractivity contribution in [3.8, 4) is 0 Å². The second kappa shape index (κ2) is 7.24. The van der Waals surface area contributed by atoms with Crippen LogP contribution in [0.3, 0.4) is 0 Å². The Morgan fingerprint density at radius 2 is 2.04 bits per heavy atom. The Balaban J connectivity index is 1.72. The Bertz CT molecular complexity index is 614. The highest BCUT2D eigenvalue weighted by Gasteiger charge is 2.26.